The Morgan fingerprint density at radius 2 is 1.81 bits per heavy atom. The highest BCUT2D eigenvalue weighted by Gasteiger charge is 2.12. The van der Waals surface area contributed by atoms with Gasteiger partial charge in [-0.25, -0.2) is 4.98 Å². The number of aromatic nitrogens is 1. The minimum absolute atomic E-state index is 0.107. The van der Waals surface area contributed by atoms with Gasteiger partial charge in [-0.1, -0.05) is 34.8 Å². The normalized spacial score (nSPS) is 10.2. The summed E-state index contributed by atoms with van der Waals surface area (Å²) in [5, 5.41) is 3.06. The van der Waals surface area contributed by atoms with Crippen LogP contribution in [0, 0.1) is 0 Å². The van der Waals surface area contributed by atoms with Crippen LogP contribution in [-0.2, 0) is 0 Å². The number of hydrogen-bond donors (Lipinski definition) is 2. The van der Waals surface area contributed by atoms with Crippen LogP contribution in [-0.4, -0.2) is 16.8 Å². The van der Waals surface area contributed by atoms with Gasteiger partial charge in [-0.05, 0) is 24.3 Å². The number of nitrogens with two attached hydrogens (primary N) is 1. The number of nitrogens with zero attached hydrogens (tertiary/aromatic N) is 1. The van der Waals surface area contributed by atoms with Crippen molar-refractivity contribution in [2.75, 3.05) is 5.32 Å². The number of carbonyl (C=O) groups excluding carboxylic acids is 2. The van der Waals surface area contributed by atoms with Crippen LogP contribution in [0.5, 0.6) is 0 Å². The average molecular weight is 345 g/mol. The van der Waals surface area contributed by atoms with E-state index in [4.69, 9.17) is 40.5 Å². The molecule has 2 rings (SSSR count). The highest BCUT2D eigenvalue weighted by atomic mass is 35.5. The lowest BCUT2D eigenvalue weighted by Crippen LogP contribution is -2.15. The second-order valence-electron chi connectivity index (χ2n) is 4.01. The standard InChI is InChI=1S/C13H8Cl3N3O2/c14-9-2-1-7(4-8(9)12(17)20)19-13(21)6-3-10(15)11(16)18-5-6/h1-5H,(H2,17,20)(H,19,21). The first-order chi connectivity index (χ1) is 9.88. The van der Waals surface area contributed by atoms with Gasteiger partial charge in [0, 0.05) is 11.9 Å². The number of primary amides is 1. The highest BCUT2D eigenvalue weighted by Crippen LogP contribution is 2.22. The molecule has 2 amide bonds. The molecule has 8 heteroatoms. The Bertz CT molecular complexity index is 735. The lowest BCUT2D eigenvalue weighted by atomic mass is 10.2. The van der Waals surface area contributed by atoms with Crippen molar-refractivity contribution in [3.05, 3.63) is 56.8 Å². The van der Waals surface area contributed by atoms with Gasteiger partial charge in [-0.3, -0.25) is 9.59 Å². The summed E-state index contributed by atoms with van der Waals surface area (Å²) in [5.41, 5.74) is 5.88. The zero-order valence-electron chi connectivity index (χ0n) is 10.4. The lowest BCUT2D eigenvalue weighted by molar-refractivity contribution is 0.0996. The third-order valence-corrected chi connectivity index (χ3v) is 3.56. The first-order valence-corrected chi connectivity index (χ1v) is 6.73. The molecule has 0 bridgehead atoms. The van der Waals surface area contributed by atoms with E-state index in [-0.39, 0.29) is 26.3 Å². The highest BCUT2D eigenvalue weighted by molar-refractivity contribution is 6.41. The van der Waals surface area contributed by atoms with E-state index in [1.54, 1.807) is 0 Å². The second-order valence-corrected chi connectivity index (χ2v) is 5.18. The molecule has 0 fully saturated rings. The maximum atomic E-state index is 12.0. The maximum Gasteiger partial charge on any atom is 0.257 e. The van der Waals surface area contributed by atoms with Crippen LogP contribution in [0.1, 0.15) is 20.7 Å². The molecule has 1 heterocycles. The predicted octanol–water partition coefficient (Wildman–Crippen LogP) is 3.39. The number of rotatable bonds is 3. The average Bonchev–Trinajstić information content (AvgIpc) is 2.43. The summed E-state index contributed by atoms with van der Waals surface area (Å²) in [5.74, 6) is -1.15. The van der Waals surface area contributed by atoms with Gasteiger partial charge in [0.05, 0.1) is 21.2 Å². The summed E-state index contributed by atoms with van der Waals surface area (Å²) >= 11 is 17.3. The third kappa shape index (κ3) is 3.64. The van der Waals surface area contributed by atoms with Crippen molar-refractivity contribution in [3.8, 4) is 0 Å². The van der Waals surface area contributed by atoms with Crippen LogP contribution in [0.15, 0.2) is 30.5 Å². The fourth-order valence-electron chi connectivity index (χ4n) is 1.54. The van der Waals surface area contributed by atoms with Crippen LogP contribution in [0.3, 0.4) is 0 Å². The number of amides is 2. The molecular weight excluding hydrogens is 337 g/mol. The van der Waals surface area contributed by atoms with Crippen molar-refractivity contribution in [1.82, 2.24) is 4.98 Å². The lowest BCUT2D eigenvalue weighted by Gasteiger charge is -2.08. The topological polar surface area (TPSA) is 85.1 Å². The molecule has 0 atom stereocenters. The largest absolute Gasteiger partial charge is 0.366 e. The molecule has 0 aliphatic carbocycles. The molecule has 0 saturated heterocycles. The van der Waals surface area contributed by atoms with Crippen molar-refractivity contribution < 1.29 is 9.59 Å². The fraction of sp³-hybridized carbons (Fsp3) is 0. The van der Waals surface area contributed by atoms with E-state index in [2.05, 4.69) is 10.3 Å². The summed E-state index contributed by atoms with van der Waals surface area (Å²) in [7, 11) is 0. The van der Waals surface area contributed by atoms with Gasteiger partial charge in [0.25, 0.3) is 5.91 Å². The monoisotopic (exact) mass is 343 g/mol. The second kappa shape index (κ2) is 6.30. The molecule has 108 valence electrons. The van der Waals surface area contributed by atoms with Gasteiger partial charge in [-0.2, -0.15) is 0 Å². The molecule has 0 aliphatic rings. The number of carbonyl (C=O) groups is 2. The third-order valence-electron chi connectivity index (χ3n) is 2.55. The Kier molecular flexibility index (Phi) is 4.67. The minimum atomic E-state index is -0.688. The van der Waals surface area contributed by atoms with E-state index in [0.29, 0.717) is 5.69 Å². The Morgan fingerprint density at radius 3 is 2.43 bits per heavy atom. The van der Waals surface area contributed by atoms with Crippen molar-refractivity contribution in [2.45, 2.75) is 0 Å². The zero-order chi connectivity index (χ0) is 15.6. The molecule has 0 unspecified atom stereocenters. The van der Waals surface area contributed by atoms with E-state index in [1.165, 1.54) is 30.5 Å². The van der Waals surface area contributed by atoms with Gasteiger partial charge in [0.15, 0.2) is 0 Å². The molecule has 2 aromatic rings. The molecule has 0 saturated carbocycles. The molecule has 21 heavy (non-hydrogen) atoms. The van der Waals surface area contributed by atoms with E-state index >= 15 is 0 Å². The first kappa shape index (κ1) is 15.6. The first-order valence-electron chi connectivity index (χ1n) is 5.60. The molecular formula is C13H8Cl3N3O2. The number of halogens is 3. The predicted molar refractivity (Wildman–Crippen MR) is 82.2 cm³/mol. The Morgan fingerprint density at radius 1 is 1.10 bits per heavy atom. The Labute approximate surface area is 135 Å². The summed E-state index contributed by atoms with van der Waals surface area (Å²) < 4.78 is 0. The van der Waals surface area contributed by atoms with E-state index < -0.39 is 11.8 Å². The van der Waals surface area contributed by atoms with Crippen LogP contribution in [0.25, 0.3) is 0 Å². The van der Waals surface area contributed by atoms with Gasteiger partial charge in [0.2, 0.25) is 5.91 Å². The quantitative estimate of drug-likeness (QED) is 0.837. The summed E-state index contributed by atoms with van der Waals surface area (Å²) in [6.45, 7) is 0. The maximum absolute atomic E-state index is 12.0. The van der Waals surface area contributed by atoms with Gasteiger partial charge >= 0.3 is 0 Å². The number of pyridine rings is 1. The van der Waals surface area contributed by atoms with E-state index in [9.17, 15) is 9.59 Å². The molecule has 0 aliphatic heterocycles. The van der Waals surface area contributed by atoms with Crippen LogP contribution >= 0.6 is 34.8 Å². The summed E-state index contributed by atoms with van der Waals surface area (Å²) in [4.78, 5) is 27.0. The van der Waals surface area contributed by atoms with Crippen LogP contribution in [0.2, 0.25) is 15.2 Å². The number of hydrogen-bond acceptors (Lipinski definition) is 3. The van der Waals surface area contributed by atoms with Gasteiger partial charge in [-0.15, -0.1) is 0 Å². The van der Waals surface area contributed by atoms with Crippen LogP contribution in [0.4, 0.5) is 5.69 Å². The molecule has 0 spiro atoms. The van der Waals surface area contributed by atoms with Crippen molar-refractivity contribution >= 4 is 52.3 Å². The van der Waals surface area contributed by atoms with E-state index in [1.807, 2.05) is 0 Å². The summed E-state index contributed by atoms with van der Waals surface area (Å²) in [6, 6.07) is 5.77. The number of nitrogens with one attached hydrogen (secondary N) is 1. The number of anilines is 1. The Hall–Kier alpha value is -1.82. The molecule has 5 nitrogen and oxygen atoms in total. The number of benzene rings is 1. The van der Waals surface area contributed by atoms with Crippen LogP contribution < -0.4 is 11.1 Å². The van der Waals surface area contributed by atoms with Gasteiger partial charge in [0.1, 0.15) is 5.15 Å². The van der Waals surface area contributed by atoms with Crippen molar-refractivity contribution in [3.63, 3.8) is 0 Å². The SMILES string of the molecule is NC(=O)c1cc(NC(=O)c2cnc(Cl)c(Cl)c2)ccc1Cl. The smallest absolute Gasteiger partial charge is 0.257 e. The van der Waals surface area contributed by atoms with Crippen molar-refractivity contribution in [1.29, 1.82) is 0 Å². The summed E-state index contributed by atoms with van der Waals surface area (Å²) in [6.07, 6.45) is 1.29. The van der Waals surface area contributed by atoms with Gasteiger partial charge < -0.3 is 11.1 Å². The Balaban J connectivity index is 2.25. The zero-order valence-corrected chi connectivity index (χ0v) is 12.6. The molecule has 1 aromatic heterocycles. The fourth-order valence-corrected chi connectivity index (χ4v) is 2.02. The van der Waals surface area contributed by atoms with Crippen molar-refractivity contribution in [2.24, 2.45) is 5.73 Å². The molecule has 0 radical (unpaired) electrons. The molecule has 1 aromatic carbocycles. The minimum Gasteiger partial charge on any atom is -0.366 e. The molecule has 3 N–H and O–H groups in total. The van der Waals surface area contributed by atoms with E-state index in [0.717, 1.165) is 0 Å².